The molecule has 0 bridgehead atoms. The van der Waals surface area contributed by atoms with Crippen molar-refractivity contribution in [1.82, 2.24) is 0 Å². The van der Waals surface area contributed by atoms with Crippen molar-refractivity contribution < 1.29 is 5.11 Å². The molecule has 0 atom stereocenters. The lowest BCUT2D eigenvalue weighted by atomic mass is 9.80. The fourth-order valence-electron chi connectivity index (χ4n) is 2.32. The van der Waals surface area contributed by atoms with Crippen LogP contribution in [0.15, 0.2) is 12.1 Å². The molecule has 1 rings (SSSR count). The molecule has 0 heterocycles. The lowest BCUT2D eigenvalue weighted by Gasteiger charge is -2.32. The summed E-state index contributed by atoms with van der Waals surface area (Å²) in [5, 5.41) is 14.3. The van der Waals surface area contributed by atoms with Crippen LogP contribution in [0.4, 0.5) is 5.69 Å². The second-order valence-corrected chi connectivity index (χ2v) is 8.76. The molecule has 2 heteroatoms. The summed E-state index contributed by atoms with van der Waals surface area (Å²) in [5.41, 5.74) is 2.83. The molecule has 0 unspecified atom stereocenters. The Morgan fingerprint density at radius 2 is 1.15 bits per heavy atom. The zero-order chi connectivity index (χ0) is 15.9. The Labute approximate surface area is 124 Å². The average Bonchev–Trinajstić information content (AvgIpc) is 2.15. The van der Waals surface area contributed by atoms with Gasteiger partial charge < -0.3 is 10.4 Å². The number of hydrogen-bond donors (Lipinski definition) is 2. The Hall–Kier alpha value is -1.18. The number of benzene rings is 1. The van der Waals surface area contributed by atoms with Gasteiger partial charge in [-0.3, -0.25) is 0 Å². The first-order valence-electron chi connectivity index (χ1n) is 7.38. The van der Waals surface area contributed by atoms with E-state index >= 15 is 0 Å². The van der Waals surface area contributed by atoms with Gasteiger partial charge in [0, 0.05) is 11.1 Å². The van der Waals surface area contributed by atoms with Gasteiger partial charge in [0.25, 0.3) is 0 Å². The van der Waals surface area contributed by atoms with Gasteiger partial charge in [0.05, 0.1) is 5.69 Å². The molecular weight excluding hydrogens is 246 g/mol. The van der Waals surface area contributed by atoms with Gasteiger partial charge in [-0.1, -0.05) is 53.7 Å². The molecule has 0 saturated carbocycles. The highest BCUT2D eigenvalue weighted by Gasteiger charge is 2.28. The van der Waals surface area contributed by atoms with Crippen LogP contribution in [0, 0.1) is 0 Å². The molecule has 0 aliphatic rings. The maximum absolute atomic E-state index is 10.8. The fourth-order valence-corrected chi connectivity index (χ4v) is 2.32. The van der Waals surface area contributed by atoms with Crippen LogP contribution in [-0.2, 0) is 10.8 Å². The van der Waals surface area contributed by atoms with E-state index in [0.717, 1.165) is 16.8 Å². The van der Waals surface area contributed by atoms with E-state index in [1.165, 1.54) is 0 Å². The Kier molecular flexibility index (Phi) is 4.20. The minimum absolute atomic E-state index is 0.0124. The second kappa shape index (κ2) is 4.98. The van der Waals surface area contributed by atoms with Crippen LogP contribution in [0.5, 0.6) is 5.75 Å². The van der Waals surface area contributed by atoms with Crippen LogP contribution in [-0.4, -0.2) is 10.6 Å². The third-order valence-corrected chi connectivity index (χ3v) is 3.29. The monoisotopic (exact) mass is 277 g/mol. The van der Waals surface area contributed by atoms with E-state index in [4.69, 9.17) is 0 Å². The molecule has 0 spiro atoms. The summed E-state index contributed by atoms with van der Waals surface area (Å²) in [4.78, 5) is 0. The molecule has 2 N–H and O–H groups in total. The SMILES string of the molecule is CC(C)(C)Nc1c(C(C)(C)C)ccc(C(C)(C)C)c1O. The van der Waals surface area contributed by atoms with E-state index in [2.05, 4.69) is 79.8 Å². The Morgan fingerprint density at radius 1 is 0.750 bits per heavy atom. The van der Waals surface area contributed by atoms with Gasteiger partial charge >= 0.3 is 0 Å². The topological polar surface area (TPSA) is 32.3 Å². The molecule has 0 fully saturated rings. The zero-order valence-corrected chi connectivity index (χ0v) is 14.6. The quantitative estimate of drug-likeness (QED) is 0.692. The summed E-state index contributed by atoms with van der Waals surface area (Å²) >= 11 is 0. The average molecular weight is 277 g/mol. The van der Waals surface area contributed by atoms with Crippen LogP contribution >= 0.6 is 0 Å². The number of aromatic hydroxyl groups is 1. The highest BCUT2D eigenvalue weighted by atomic mass is 16.3. The Morgan fingerprint density at radius 3 is 1.50 bits per heavy atom. The van der Waals surface area contributed by atoms with Crippen LogP contribution in [0.1, 0.15) is 73.4 Å². The molecule has 0 aliphatic carbocycles. The summed E-state index contributed by atoms with van der Waals surface area (Å²) in [7, 11) is 0. The smallest absolute Gasteiger partial charge is 0.142 e. The van der Waals surface area contributed by atoms with Gasteiger partial charge in [-0.2, -0.15) is 0 Å². The summed E-state index contributed by atoms with van der Waals surface area (Å²) in [6.07, 6.45) is 0. The van der Waals surface area contributed by atoms with E-state index in [-0.39, 0.29) is 16.4 Å². The minimum atomic E-state index is -0.0893. The number of nitrogens with one attached hydrogen (secondary N) is 1. The predicted octanol–water partition coefficient (Wildman–Crippen LogP) is 5.20. The third kappa shape index (κ3) is 3.91. The first kappa shape index (κ1) is 16.9. The molecule has 20 heavy (non-hydrogen) atoms. The summed E-state index contributed by atoms with van der Waals surface area (Å²) < 4.78 is 0. The number of hydrogen-bond acceptors (Lipinski definition) is 2. The largest absolute Gasteiger partial charge is 0.505 e. The van der Waals surface area contributed by atoms with Crippen LogP contribution in [0.25, 0.3) is 0 Å². The Balaban J connectivity index is 3.55. The number of phenols is 1. The molecule has 0 saturated heterocycles. The maximum Gasteiger partial charge on any atom is 0.142 e. The van der Waals surface area contributed by atoms with Crippen LogP contribution < -0.4 is 5.32 Å². The third-order valence-electron chi connectivity index (χ3n) is 3.29. The van der Waals surface area contributed by atoms with Gasteiger partial charge in [0.1, 0.15) is 5.75 Å². The zero-order valence-electron chi connectivity index (χ0n) is 14.6. The van der Waals surface area contributed by atoms with Crippen molar-refractivity contribution in [3.05, 3.63) is 23.3 Å². The molecule has 0 radical (unpaired) electrons. The van der Waals surface area contributed by atoms with Crippen LogP contribution in [0.3, 0.4) is 0 Å². The van der Waals surface area contributed by atoms with Crippen molar-refractivity contribution in [3.8, 4) is 5.75 Å². The van der Waals surface area contributed by atoms with E-state index in [9.17, 15) is 5.11 Å². The van der Waals surface area contributed by atoms with E-state index < -0.39 is 0 Å². The van der Waals surface area contributed by atoms with Crippen molar-refractivity contribution in [2.75, 3.05) is 5.32 Å². The maximum atomic E-state index is 10.8. The fraction of sp³-hybridized carbons (Fsp3) is 0.667. The summed E-state index contributed by atoms with van der Waals surface area (Å²) in [6.45, 7) is 19.2. The van der Waals surface area contributed by atoms with Crippen molar-refractivity contribution >= 4 is 5.69 Å². The molecule has 0 amide bonds. The molecular formula is C18H31NO. The van der Waals surface area contributed by atoms with Crippen molar-refractivity contribution in [2.45, 2.75) is 78.7 Å². The lowest BCUT2D eigenvalue weighted by Crippen LogP contribution is -2.29. The molecule has 1 aromatic carbocycles. The van der Waals surface area contributed by atoms with E-state index in [1.807, 2.05) is 0 Å². The van der Waals surface area contributed by atoms with Gasteiger partial charge in [-0.15, -0.1) is 0 Å². The lowest BCUT2D eigenvalue weighted by molar-refractivity contribution is 0.442. The number of anilines is 1. The van der Waals surface area contributed by atoms with Crippen molar-refractivity contribution in [2.24, 2.45) is 0 Å². The predicted molar refractivity (Wildman–Crippen MR) is 88.9 cm³/mol. The van der Waals surface area contributed by atoms with Gasteiger partial charge in [0.15, 0.2) is 0 Å². The number of rotatable bonds is 1. The molecule has 0 aliphatic heterocycles. The summed E-state index contributed by atoms with van der Waals surface area (Å²) in [5.74, 6) is 0.389. The highest BCUT2D eigenvalue weighted by Crippen LogP contribution is 2.43. The molecule has 114 valence electrons. The van der Waals surface area contributed by atoms with Crippen molar-refractivity contribution in [1.29, 1.82) is 0 Å². The summed E-state index contributed by atoms with van der Waals surface area (Å²) in [6, 6.07) is 4.21. The van der Waals surface area contributed by atoms with Crippen LogP contribution in [0.2, 0.25) is 0 Å². The first-order valence-corrected chi connectivity index (χ1v) is 7.38. The second-order valence-electron chi connectivity index (χ2n) is 8.76. The molecule has 2 nitrogen and oxygen atoms in total. The molecule has 0 aromatic heterocycles. The standard InChI is InChI=1S/C18H31NO/c1-16(2,3)12-10-11-13(17(4,5)6)15(20)14(12)19-18(7,8)9/h10-11,19-20H,1-9H3. The van der Waals surface area contributed by atoms with Crippen molar-refractivity contribution in [3.63, 3.8) is 0 Å². The van der Waals surface area contributed by atoms with E-state index in [0.29, 0.717) is 5.75 Å². The highest BCUT2D eigenvalue weighted by molar-refractivity contribution is 5.68. The minimum Gasteiger partial charge on any atom is -0.505 e. The molecule has 1 aromatic rings. The Bertz CT molecular complexity index is 482. The van der Waals surface area contributed by atoms with Gasteiger partial charge in [-0.05, 0) is 37.2 Å². The van der Waals surface area contributed by atoms with E-state index in [1.54, 1.807) is 0 Å². The normalized spacial score (nSPS) is 13.4. The van der Waals surface area contributed by atoms with Gasteiger partial charge in [-0.25, -0.2) is 0 Å². The first-order chi connectivity index (χ1) is 8.73. The number of phenolic OH excluding ortho intramolecular Hbond substituents is 1. The van der Waals surface area contributed by atoms with Gasteiger partial charge in [0.2, 0.25) is 0 Å².